The van der Waals surface area contributed by atoms with Crippen LogP contribution >= 0.6 is 0 Å². The first kappa shape index (κ1) is 12.3. The minimum absolute atomic E-state index is 0.538. The summed E-state index contributed by atoms with van der Waals surface area (Å²) in [5.74, 6) is 0.780. The zero-order chi connectivity index (χ0) is 11.2. The fourth-order valence-electron chi connectivity index (χ4n) is 2.81. The quantitative estimate of drug-likeness (QED) is 0.752. The number of hydrogen-bond donors (Lipinski definition) is 1. The van der Waals surface area contributed by atoms with Crippen molar-refractivity contribution in [2.75, 3.05) is 26.9 Å². The number of rotatable bonds is 6. The Hall–Kier alpha value is -0.120. The van der Waals surface area contributed by atoms with E-state index in [4.69, 9.17) is 9.47 Å². The van der Waals surface area contributed by atoms with Crippen molar-refractivity contribution in [3.8, 4) is 0 Å². The van der Waals surface area contributed by atoms with Crippen molar-refractivity contribution in [1.82, 2.24) is 5.32 Å². The van der Waals surface area contributed by atoms with Crippen LogP contribution in [0.1, 0.15) is 38.5 Å². The van der Waals surface area contributed by atoms with Crippen molar-refractivity contribution < 1.29 is 9.47 Å². The molecular weight excluding hydrogens is 202 g/mol. The molecule has 0 aromatic heterocycles. The lowest BCUT2D eigenvalue weighted by Gasteiger charge is -2.20. The monoisotopic (exact) mass is 227 g/mol. The maximum Gasteiger partial charge on any atom is 0.0576 e. The molecule has 0 spiro atoms. The molecule has 0 bridgehead atoms. The van der Waals surface area contributed by atoms with E-state index < -0.39 is 0 Å². The molecule has 2 aliphatic rings. The molecule has 0 aliphatic carbocycles. The highest BCUT2D eigenvalue weighted by Gasteiger charge is 2.22. The summed E-state index contributed by atoms with van der Waals surface area (Å²) in [6, 6.07) is 0.649. The van der Waals surface area contributed by atoms with Crippen molar-refractivity contribution in [3.05, 3.63) is 0 Å². The fraction of sp³-hybridized carbons (Fsp3) is 1.00. The van der Waals surface area contributed by atoms with Crippen LogP contribution in [-0.2, 0) is 9.47 Å². The standard InChI is InChI=1S/C13H25NO2/c1-14-12(9-11-6-8-15-10-11)4-5-13-3-2-7-16-13/h11-14H,2-10H2,1H3. The van der Waals surface area contributed by atoms with Crippen molar-refractivity contribution in [2.45, 2.75) is 50.7 Å². The van der Waals surface area contributed by atoms with Crippen LogP contribution in [0.4, 0.5) is 0 Å². The van der Waals surface area contributed by atoms with E-state index >= 15 is 0 Å². The molecule has 2 heterocycles. The van der Waals surface area contributed by atoms with Gasteiger partial charge in [-0.2, -0.15) is 0 Å². The summed E-state index contributed by atoms with van der Waals surface area (Å²) in [5, 5.41) is 3.44. The summed E-state index contributed by atoms with van der Waals surface area (Å²) < 4.78 is 11.1. The van der Waals surface area contributed by atoms with Crippen LogP contribution in [0.25, 0.3) is 0 Å². The average molecular weight is 227 g/mol. The van der Waals surface area contributed by atoms with Gasteiger partial charge in [0, 0.05) is 25.9 Å². The molecule has 94 valence electrons. The van der Waals surface area contributed by atoms with Crippen molar-refractivity contribution in [1.29, 1.82) is 0 Å². The van der Waals surface area contributed by atoms with Crippen LogP contribution in [0.15, 0.2) is 0 Å². The van der Waals surface area contributed by atoms with Gasteiger partial charge in [-0.25, -0.2) is 0 Å². The topological polar surface area (TPSA) is 30.5 Å². The first-order chi connectivity index (χ1) is 7.88. The lowest BCUT2D eigenvalue weighted by atomic mass is 9.95. The van der Waals surface area contributed by atoms with Gasteiger partial charge >= 0.3 is 0 Å². The molecule has 2 aliphatic heterocycles. The Morgan fingerprint density at radius 1 is 1.31 bits per heavy atom. The third kappa shape index (κ3) is 3.72. The molecule has 2 saturated heterocycles. The highest BCUT2D eigenvalue weighted by atomic mass is 16.5. The Bertz CT molecular complexity index is 186. The second-order valence-electron chi connectivity index (χ2n) is 5.16. The van der Waals surface area contributed by atoms with Gasteiger partial charge in [0.2, 0.25) is 0 Å². The first-order valence-corrected chi connectivity index (χ1v) is 6.75. The third-order valence-corrected chi connectivity index (χ3v) is 3.91. The van der Waals surface area contributed by atoms with Crippen LogP contribution in [0, 0.1) is 5.92 Å². The molecule has 0 aromatic carbocycles. The Balaban J connectivity index is 1.63. The number of hydrogen-bond acceptors (Lipinski definition) is 3. The van der Waals surface area contributed by atoms with Crippen molar-refractivity contribution in [2.24, 2.45) is 5.92 Å². The third-order valence-electron chi connectivity index (χ3n) is 3.91. The summed E-state index contributed by atoms with van der Waals surface area (Å²) in [7, 11) is 2.08. The fourth-order valence-corrected chi connectivity index (χ4v) is 2.81. The average Bonchev–Trinajstić information content (AvgIpc) is 2.97. The zero-order valence-electron chi connectivity index (χ0n) is 10.4. The van der Waals surface area contributed by atoms with Gasteiger partial charge in [0.05, 0.1) is 6.10 Å². The SMILES string of the molecule is CNC(CCC1CCCO1)CC1CCOC1. The molecule has 0 aromatic rings. The maximum atomic E-state index is 5.67. The van der Waals surface area contributed by atoms with E-state index in [0.717, 1.165) is 25.7 Å². The maximum absolute atomic E-state index is 5.67. The lowest BCUT2D eigenvalue weighted by Crippen LogP contribution is -2.29. The molecule has 3 unspecified atom stereocenters. The number of ether oxygens (including phenoxy) is 2. The molecule has 3 heteroatoms. The van der Waals surface area contributed by atoms with E-state index in [1.54, 1.807) is 0 Å². The first-order valence-electron chi connectivity index (χ1n) is 6.75. The predicted octanol–water partition coefficient (Wildman–Crippen LogP) is 1.96. The van der Waals surface area contributed by atoms with Crippen LogP contribution < -0.4 is 5.32 Å². The van der Waals surface area contributed by atoms with Gasteiger partial charge in [-0.05, 0) is 51.5 Å². The Kier molecular flexibility index (Phi) is 5.07. The minimum atomic E-state index is 0.538. The molecule has 3 atom stereocenters. The lowest BCUT2D eigenvalue weighted by molar-refractivity contribution is 0.0986. The minimum Gasteiger partial charge on any atom is -0.381 e. The Morgan fingerprint density at radius 2 is 2.25 bits per heavy atom. The summed E-state index contributed by atoms with van der Waals surface area (Å²) in [6.07, 6.45) is 8.04. The molecule has 2 rings (SSSR count). The van der Waals surface area contributed by atoms with Crippen LogP contribution in [-0.4, -0.2) is 39.0 Å². The summed E-state index contributed by atoms with van der Waals surface area (Å²) in [4.78, 5) is 0. The number of nitrogens with one attached hydrogen (secondary N) is 1. The molecule has 0 radical (unpaired) electrons. The molecule has 2 fully saturated rings. The van der Waals surface area contributed by atoms with Crippen LogP contribution in [0.3, 0.4) is 0 Å². The van der Waals surface area contributed by atoms with Gasteiger partial charge in [0.15, 0.2) is 0 Å². The van der Waals surface area contributed by atoms with Crippen LogP contribution in [0.2, 0.25) is 0 Å². The molecule has 3 nitrogen and oxygen atoms in total. The van der Waals surface area contributed by atoms with E-state index in [2.05, 4.69) is 12.4 Å². The van der Waals surface area contributed by atoms with E-state index in [9.17, 15) is 0 Å². The van der Waals surface area contributed by atoms with Gasteiger partial charge in [0.1, 0.15) is 0 Å². The molecule has 1 N–H and O–H groups in total. The predicted molar refractivity (Wildman–Crippen MR) is 64.6 cm³/mol. The van der Waals surface area contributed by atoms with Gasteiger partial charge in [0.25, 0.3) is 0 Å². The zero-order valence-corrected chi connectivity index (χ0v) is 10.4. The summed E-state index contributed by atoms with van der Waals surface area (Å²) in [5.41, 5.74) is 0. The molecule has 16 heavy (non-hydrogen) atoms. The van der Waals surface area contributed by atoms with Gasteiger partial charge < -0.3 is 14.8 Å². The molecule has 0 saturated carbocycles. The van der Waals surface area contributed by atoms with E-state index in [-0.39, 0.29) is 0 Å². The van der Waals surface area contributed by atoms with Gasteiger partial charge in [-0.3, -0.25) is 0 Å². The van der Waals surface area contributed by atoms with Crippen molar-refractivity contribution >= 4 is 0 Å². The largest absolute Gasteiger partial charge is 0.381 e. The second-order valence-corrected chi connectivity index (χ2v) is 5.16. The van der Waals surface area contributed by atoms with E-state index in [0.29, 0.717) is 12.1 Å². The highest BCUT2D eigenvalue weighted by Crippen LogP contribution is 2.22. The molecular formula is C13H25NO2. The van der Waals surface area contributed by atoms with Gasteiger partial charge in [-0.1, -0.05) is 0 Å². The van der Waals surface area contributed by atoms with Gasteiger partial charge in [-0.15, -0.1) is 0 Å². The Labute approximate surface area is 98.9 Å². The highest BCUT2D eigenvalue weighted by molar-refractivity contribution is 4.75. The van der Waals surface area contributed by atoms with E-state index in [1.807, 2.05) is 0 Å². The molecule has 0 amide bonds. The van der Waals surface area contributed by atoms with Crippen molar-refractivity contribution in [3.63, 3.8) is 0 Å². The summed E-state index contributed by atoms with van der Waals surface area (Å²) in [6.45, 7) is 2.91. The summed E-state index contributed by atoms with van der Waals surface area (Å²) >= 11 is 0. The smallest absolute Gasteiger partial charge is 0.0576 e. The van der Waals surface area contributed by atoms with E-state index in [1.165, 1.54) is 38.5 Å². The Morgan fingerprint density at radius 3 is 2.88 bits per heavy atom. The normalized spacial score (nSPS) is 32.1. The second kappa shape index (κ2) is 6.58. The van der Waals surface area contributed by atoms with Crippen LogP contribution in [0.5, 0.6) is 0 Å².